The van der Waals surface area contributed by atoms with Crippen LogP contribution in [0.1, 0.15) is 25.7 Å². The van der Waals surface area contributed by atoms with E-state index in [0.717, 1.165) is 37.8 Å². The summed E-state index contributed by atoms with van der Waals surface area (Å²) in [4.78, 5) is 13.3. The molecule has 130 valence electrons. The van der Waals surface area contributed by atoms with Gasteiger partial charge in [0.2, 0.25) is 0 Å². The van der Waals surface area contributed by atoms with Crippen LogP contribution in [-0.2, 0) is 9.47 Å². The van der Waals surface area contributed by atoms with Crippen LogP contribution in [0.25, 0.3) is 0 Å². The molecule has 0 spiro atoms. The summed E-state index contributed by atoms with van der Waals surface area (Å²) in [5.41, 5.74) is 7.07. The van der Waals surface area contributed by atoms with Gasteiger partial charge in [-0.2, -0.15) is 0 Å². The average molecular weight is 323 g/mol. The fourth-order valence-electron chi connectivity index (χ4n) is 2.89. The fraction of sp³-hybridized carbons (Fsp3) is 0.750. The van der Waals surface area contributed by atoms with Crippen molar-refractivity contribution in [2.45, 2.75) is 25.7 Å². The monoisotopic (exact) mass is 323 g/mol. The minimum Gasteiger partial charge on any atom is -0.393 e. The van der Waals surface area contributed by atoms with Gasteiger partial charge in [-0.05, 0) is 12.8 Å². The van der Waals surface area contributed by atoms with Crippen LogP contribution in [0.3, 0.4) is 0 Å². The maximum atomic E-state index is 6.42. The van der Waals surface area contributed by atoms with Gasteiger partial charge in [-0.1, -0.05) is 12.8 Å². The number of hydrogen-bond acceptors (Lipinski definition) is 7. The molecule has 1 fully saturated rings. The van der Waals surface area contributed by atoms with Crippen molar-refractivity contribution in [3.05, 3.63) is 6.33 Å². The van der Waals surface area contributed by atoms with Crippen LogP contribution < -0.4 is 15.5 Å². The molecule has 0 aliphatic carbocycles. The van der Waals surface area contributed by atoms with Gasteiger partial charge in [-0.3, -0.25) is 0 Å². The second-order valence-corrected chi connectivity index (χ2v) is 5.81. The summed E-state index contributed by atoms with van der Waals surface area (Å²) in [6.45, 7) is 4.70. The zero-order chi connectivity index (χ0) is 16.5. The molecule has 23 heavy (non-hydrogen) atoms. The van der Waals surface area contributed by atoms with Crippen LogP contribution in [0, 0.1) is 0 Å². The zero-order valence-electron chi connectivity index (χ0n) is 14.3. The lowest BCUT2D eigenvalue weighted by atomic mass is 10.2. The Morgan fingerprint density at radius 1 is 1.04 bits per heavy atom. The molecule has 0 unspecified atom stereocenters. The lowest BCUT2D eigenvalue weighted by Crippen LogP contribution is -2.33. The largest absolute Gasteiger partial charge is 0.393 e. The van der Waals surface area contributed by atoms with Crippen LogP contribution in [-0.4, -0.2) is 63.6 Å². The first-order chi connectivity index (χ1) is 11.3. The summed E-state index contributed by atoms with van der Waals surface area (Å²) in [6.07, 6.45) is 6.55. The van der Waals surface area contributed by atoms with E-state index in [9.17, 15) is 0 Å². The number of nitrogens with two attached hydrogens (primary N) is 1. The molecule has 0 amide bonds. The first-order valence-corrected chi connectivity index (χ1v) is 8.36. The Balaban J connectivity index is 2.20. The molecule has 1 saturated heterocycles. The molecule has 0 bridgehead atoms. The molecule has 0 atom stereocenters. The number of ether oxygens (including phenoxy) is 2. The SMILES string of the molecule is COCCN(CCOC)c1ncnc(N2CCCCCC2)c1N. The number of anilines is 3. The maximum Gasteiger partial charge on any atom is 0.157 e. The van der Waals surface area contributed by atoms with E-state index in [2.05, 4.69) is 19.8 Å². The number of rotatable bonds is 8. The van der Waals surface area contributed by atoms with Crippen molar-refractivity contribution < 1.29 is 9.47 Å². The molecular formula is C16H29N5O2. The van der Waals surface area contributed by atoms with Gasteiger partial charge in [0.15, 0.2) is 11.6 Å². The average Bonchev–Trinajstić information content (AvgIpc) is 2.85. The third kappa shape index (κ3) is 4.94. The molecule has 0 saturated carbocycles. The molecule has 2 rings (SSSR count). The van der Waals surface area contributed by atoms with Crippen molar-refractivity contribution in [3.8, 4) is 0 Å². The normalized spacial score (nSPS) is 15.5. The quantitative estimate of drug-likeness (QED) is 0.777. The minimum atomic E-state index is 0.617. The van der Waals surface area contributed by atoms with Gasteiger partial charge in [0, 0.05) is 40.4 Å². The highest BCUT2D eigenvalue weighted by Gasteiger charge is 2.19. The van der Waals surface area contributed by atoms with Crippen molar-refractivity contribution >= 4 is 17.3 Å². The predicted molar refractivity (Wildman–Crippen MR) is 93.1 cm³/mol. The highest BCUT2D eigenvalue weighted by atomic mass is 16.5. The molecule has 7 heteroatoms. The summed E-state index contributed by atoms with van der Waals surface area (Å²) in [7, 11) is 3.39. The summed E-state index contributed by atoms with van der Waals surface area (Å²) < 4.78 is 10.4. The highest BCUT2D eigenvalue weighted by Crippen LogP contribution is 2.30. The number of hydrogen-bond donors (Lipinski definition) is 1. The Morgan fingerprint density at radius 3 is 2.22 bits per heavy atom. The third-order valence-electron chi connectivity index (χ3n) is 4.18. The molecule has 1 aliphatic heterocycles. The second kappa shape index (κ2) is 9.52. The second-order valence-electron chi connectivity index (χ2n) is 5.81. The number of nitrogens with zero attached hydrogens (tertiary/aromatic N) is 4. The summed E-state index contributed by atoms with van der Waals surface area (Å²) in [5, 5.41) is 0. The molecular weight excluding hydrogens is 294 g/mol. The van der Waals surface area contributed by atoms with E-state index < -0.39 is 0 Å². The first kappa shape index (κ1) is 17.7. The topological polar surface area (TPSA) is 76.7 Å². The first-order valence-electron chi connectivity index (χ1n) is 8.36. The number of nitrogen functional groups attached to an aromatic ring is 1. The van der Waals surface area contributed by atoms with Gasteiger partial charge < -0.3 is 25.0 Å². The predicted octanol–water partition coefficient (Wildman–Crippen LogP) is 1.54. The van der Waals surface area contributed by atoms with E-state index in [0.29, 0.717) is 18.9 Å². The summed E-state index contributed by atoms with van der Waals surface area (Å²) in [5.74, 6) is 1.63. The third-order valence-corrected chi connectivity index (χ3v) is 4.18. The highest BCUT2D eigenvalue weighted by molar-refractivity contribution is 5.75. The fourth-order valence-corrected chi connectivity index (χ4v) is 2.89. The lowest BCUT2D eigenvalue weighted by molar-refractivity contribution is 0.190. The standard InChI is InChI=1S/C16H29N5O2/c1-22-11-9-21(10-12-23-2)16-14(17)15(18-13-19-16)20-7-5-3-4-6-8-20/h13H,3-12,17H2,1-2H3. The van der Waals surface area contributed by atoms with E-state index in [1.54, 1.807) is 20.5 Å². The van der Waals surface area contributed by atoms with Crippen molar-refractivity contribution in [3.63, 3.8) is 0 Å². The van der Waals surface area contributed by atoms with Gasteiger partial charge in [0.25, 0.3) is 0 Å². The van der Waals surface area contributed by atoms with Crippen LogP contribution in [0.2, 0.25) is 0 Å². The number of aromatic nitrogens is 2. The Morgan fingerprint density at radius 2 is 1.65 bits per heavy atom. The van der Waals surface area contributed by atoms with Gasteiger partial charge in [-0.25, -0.2) is 9.97 Å². The van der Waals surface area contributed by atoms with E-state index in [1.165, 1.54) is 25.7 Å². The Bertz CT molecular complexity index is 456. The van der Waals surface area contributed by atoms with Crippen molar-refractivity contribution in [1.82, 2.24) is 9.97 Å². The van der Waals surface area contributed by atoms with Crippen LogP contribution >= 0.6 is 0 Å². The zero-order valence-corrected chi connectivity index (χ0v) is 14.3. The lowest BCUT2D eigenvalue weighted by Gasteiger charge is -2.28. The van der Waals surface area contributed by atoms with Gasteiger partial charge in [0.05, 0.1) is 13.2 Å². The molecule has 0 radical (unpaired) electrons. The molecule has 0 aromatic carbocycles. The van der Waals surface area contributed by atoms with E-state index in [-0.39, 0.29) is 0 Å². The van der Waals surface area contributed by atoms with E-state index >= 15 is 0 Å². The molecule has 1 aliphatic rings. The molecule has 2 N–H and O–H groups in total. The molecule has 7 nitrogen and oxygen atoms in total. The smallest absolute Gasteiger partial charge is 0.157 e. The minimum absolute atomic E-state index is 0.617. The van der Waals surface area contributed by atoms with Crippen LogP contribution in [0.15, 0.2) is 6.33 Å². The van der Waals surface area contributed by atoms with Crippen molar-refractivity contribution in [2.75, 3.05) is 69.1 Å². The van der Waals surface area contributed by atoms with Crippen molar-refractivity contribution in [2.24, 2.45) is 0 Å². The maximum absolute atomic E-state index is 6.42. The van der Waals surface area contributed by atoms with Crippen LogP contribution in [0.4, 0.5) is 17.3 Å². The number of methoxy groups -OCH3 is 2. The Labute approximate surface area is 138 Å². The molecule has 2 heterocycles. The summed E-state index contributed by atoms with van der Waals surface area (Å²) in [6, 6.07) is 0. The molecule has 1 aromatic rings. The van der Waals surface area contributed by atoms with Crippen LogP contribution in [0.5, 0.6) is 0 Å². The van der Waals surface area contributed by atoms with Crippen molar-refractivity contribution in [1.29, 1.82) is 0 Å². The Hall–Kier alpha value is -1.60. The van der Waals surface area contributed by atoms with E-state index in [1.807, 2.05) is 0 Å². The molecule has 1 aromatic heterocycles. The van der Waals surface area contributed by atoms with Gasteiger partial charge in [0.1, 0.15) is 12.0 Å². The van der Waals surface area contributed by atoms with Gasteiger partial charge in [-0.15, -0.1) is 0 Å². The van der Waals surface area contributed by atoms with E-state index in [4.69, 9.17) is 15.2 Å². The summed E-state index contributed by atoms with van der Waals surface area (Å²) >= 11 is 0. The Kier molecular flexibility index (Phi) is 7.35. The van der Waals surface area contributed by atoms with Gasteiger partial charge >= 0.3 is 0 Å².